The molecule has 1 heterocycles. The van der Waals surface area contributed by atoms with Crippen molar-refractivity contribution < 1.29 is 4.74 Å². The summed E-state index contributed by atoms with van der Waals surface area (Å²) in [6.07, 6.45) is 0. The molecule has 0 bridgehead atoms. The van der Waals surface area contributed by atoms with Crippen LogP contribution in [0, 0.1) is 0 Å². The van der Waals surface area contributed by atoms with Gasteiger partial charge in [0, 0.05) is 5.39 Å². The Morgan fingerprint density at radius 1 is 1.05 bits per heavy atom. The van der Waals surface area contributed by atoms with Gasteiger partial charge < -0.3 is 15.0 Å². The van der Waals surface area contributed by atoms with Crippen molar-refractivity contribution in [1.29, 1.82) is 0 Å². The van der Waals surface area contributed by atoms with Crippen LogP contribution >= 0.6 is 0 Å². The zero-order valence-electron chi connectivity index (χ0n) is 11.0. The number of pyridine rings is 1. The molecule has 0 spiro atoms. The van der Waals surface area contributed by atoms with Gasteiger partial charge in [-0.05, 0) is 29.7 Å². The van der Waals surface area contributed by atoms with E-state index in [0.717, 1.165) is 16.8 Å². The van der Waals surface area contributed by atoms with E-state index in [2.05, 4.69) is 10.3 Å². The summed E-state index contributed by atoms with van der Waals surface area (Å²) in [4.78, 5) is 14.8. The summed E-state index contributed by atoms with van der Waals surface area (Å²) in [5, 5.41) is 4.75. The smallest absolute Gasteiger partial charge is 0.257 e. The fourth-order valence-corrected chi connectivity index (χ4v) is 2.17. The normalized spacial score (nSPS) is 10.4. The van der Waals surface area contributed by atoms with Gasteiger partial charge in [0.1, 0.15) is 11.6 Å². The van der Waals surface area contributed by atoms with Crippen LogP contribution in [0.2, 0.25) is 0 Å². The predicted molar refractivity (Wildman–Crippen MR) is 80.8 cm³/mol. The Morgan fingerprint density at radius 2 is 1.80 bits per heavy atom. The van der Waals surface area contributed by atoms with Crippen LogP contribution in [0.4, 0.5) is 11.5 Å². The molecule has 0 saturated carbocycles. The highest BCUT2D eigenvalue weighted by Gasteiger charge is 2.04. The number of methoxy groups -OCH3 is 1. The first-order valence-corrected chi connectivity index (χ1v) is 6.30. The topological polar surface area (TPSA) is 54.1 Å². The number of rotatable bonds is 3. The molecular formula is C16H14N2O2. The first kappa shape index (κ1) is 12.3. The number of hydrogen-bond donors (Lipinski definition) is 2. The molecule has 0 radical (unpaired) electrons. The van der Waals surface area contributed by atoms with Gasteiger partial charge in [-0.15, -0.1) is 0 Å². The number of aromatic nitrogens is 1. The Labute approximate surface area is 116 Å². The maximum absolute atomic E-state index is 12.0. The Kier molecular flexibility index (Phi) is 3.13. The van der Waals surface area contributed by atoms with Crippen LogP contribution in [0.3, 0.4) is 0 Å². The van der Waals surface area contributed by atoms with Crippen LogP contribution in [0.5, 0.6) is 5.75 Å². The van der Waals surface area contributed by atoms with Crippen LogP contribution in [0.1, 0.15) is 0 Å². The van der Waals surface area contributed by atoms with Gasteiger partial charge in [0.05, 0.1) is 12.8 Å². The average Bonchev–Trinajstić information content (AvgIpc) is 2.48. The quantitative estimate of drug-likeness (QED) is 0.765. The van der Waals surface area contributed by atoms with Gasteiger partial charge in [0.2, 0.25) is 0 Å². The minimum Gasteiger partial charge on any atom is -0.495 e. The van der Waals surface area contributed by atoms with Crippen molar-refractivity contribution >= 4 is 22.3 Å². The molecule has 0 saturated heterocycles. The lowest BCUT2D eigenvalue weighted by Gasteiger charge is -2.11. The summed E-state index contributed by atoms with van der Waals surface area (Å²) >= 11 is 0. The number of nitrogens with one attached hydrogen (secondary N) is 2. The van der Waals surface area contributed by atoms with Crippen molar-refractivity contribution in [2.24, 2.45) is 0 Å². The van der Waals surface area contributed by atoms with Gasteiger partial charge >= 0.3 is 0 Å². The molecule has 20 heavy (non-hydrogen) atoms. The second-order valence-electron chi connectivity index (χ2n) is 4.42. The summed E-state index contributed by atoms with van der Waals surface area (Å²) in [5.74, 6) is 1.36. The summed E-state index contributed by atoms with van der Waals surface area (Å²) in [6, 6.07) is 17.0. The zero-order valence-corrected chi connectivity index (χ0v) is 11.0. The van der Waals surface area contributed by atoms with E-state index in [4.69, 9.17) is 4.74 Å². The first-order chi connectivity index (χ1) is 9.78. The Bertz CT molecular complexity index is 809. The van der Waals surface area contributed by atoms with Crippen molar-refractivity contribution in [2.75, 3.05) is 12.4 Å². The molecule has 0 aliphatic rings. The van der Waals surface area contributed by atoms with Crippen LogP contribution in [-0.2, 0) is 0 Å². The number of hydrogen-bond acceptors (Lipinski definition) is 3. The van der Waals surface area contributed by atoms with Crippen molar-refractivity contribution in [3.63, 3.8) is 0 Å². The van der Waals surface area contributed by atoms with Crippen LogP contribution in [0.25, 0.3) is 10.8 Å². The molecule has 3 aromatic rings. The SMILES string of the molecule is COc1ccccc1Nc1cc2ccccc2c(=O)[nH]1. The fourth-order valence-electron chi connectivity index (χ4n) is 2.17. The Morgan fingerprint density at radius 3 is 2.65 bits per heavy atom. The van der Waals surface area contributed by atoms with Crippen LogP contribution in [-0.4, -0.2) is 12.1 Å². The Balaban J connectivity index is 2.05. The standard InChI is InChI=1S/C16H14N2O2/c1-20-14-9-5-4-8-13(14)17-15-10-11-6-2-3-7-12(11)16(19)18-15/h2-10H,1H3,(H2,17,18,19). The molecule has 3 rings (SSSR count). The number of ether oxygens (including phenoxy) is 1. The van der Waals surface area contributed by atoms with Crippen molar-refractivity contribution in [1.82, 2.24) is 4.98 Å². The highest BCUT2D eigenvalue weighted by Crippen LogP contribution is 2.26. The number of benzene rings is 2. The van der Waals surface area contributed by atoms with E-state index in [-0.39, 0.29) is 5.56 Å². The van der Waals surface area contributed by atoms with Gasteiger partial charge in [-0.1, -0.05) is 30.3 Å². The molecule has 0 amide bonds. The lowest BCUT2D eigenvalue weighted by molar-refractivity contribution is 0.417. The molecule has 2 aromatic carbocycles. The maximum Gasteiger partial charge on any atom is 0.257 e. The third-order valence-corrected chi connectivity index (χ3v) is 3.13. The van der Waals surface area contributed by atoms with Gasteiger partial charge in [-0.2, -0.15) is 0 Å². The largest absolute Gasteiger partial charge is 0.495 e. The van der Waals surface area contributed by atoms with Crippen LogP contribution in [0.15, 0.2) is 59.4 Å². The molecule has 2 N–H and O–H groups in total. The lowest BCUT2D eigenvalue weighted by Crippen LogP contribution is -2.09. The van der Waals surface area contributed by atoms with Gasteiger partial charge in [-0.3, -0.25) is 4.79 Å². The minimum atomic E-state index is -0.111. The zero-order chi connectivity index (χ0) is 13.9. The molecule has 0 aliphatic carbocycles. The van der Waals surface area contributed by atoms with Crippen molar-refractivity contribution in [3.05, 3.63) is 65.0 Å². The van der Waals surface area contributed by atoms with E-state index in [1.54, 1.807) is 13.2 Å². The van der Waals surface area contributed by atoms with Crippen molar-refractivity contribution in [2.45, 2.75) is 0 Å². The van der Waals surface area contributed by atoms with Crippen molar-refractivity contribution in [3.8, 4) is 5.75 Å². The number of anilines is 2. The molecule has 4 nitrogen and oxygen atoms in total. The molecule has 0 atom stereocenters. The molecule has 0 aliphatic heterocycles. The van der Waals surface area contributed by atoms with Gasteiger partial charge in [0.25, 0.3) is 5.56 Å². The second-order valence-corrected chi connectivity index (χ2v) is 4.42. The highest BCUT2D eigenvalue weighted by atomic mass is 16.5. The summed E-state index contributed by atoms with van der Waals surface area (Å²) < 4.78 is 5.28. The minimum absolute atomic E-state index is 0.111. The summed E-state index contributed by atoms with van der Waals surface area (Å²) in [5.41, 5.74) is 0.696. The summed E-state index contributed by atoms with van der Waals surface area (Å²) in [7, 11) is 1.61. The molecule has 1 aromatic heterocycles. The van der Waals surface area contributed by atoms with E-state index < -0.39 is 0 Å². The van der Waals surface area contributed by atoms with E-state index in [0.29, 0.717) is 11.2 Å². The second kappa shape index (κ2) is 5.09. The predicted octanol–water partition coefficient (Wildman–Crippen LogP) is 3.28. The maximum atomic E-state index is 12.0. The first-order valence-electron chi connectivity index (χ1n) is 6.30. The molecule has 4 heteroatoms. The highest BCUT2D eigenvalue weighted by molar-refractivity contribution is 5.84. The number of H-pyrrole nitrogens is 1. The fraction of sp³-hybridized carbons (Fsp3) is 0.0625. The molecule has 0 unspecified atom stereocenters. The third kappa shape index (κ3) is 2.23. The monoisotopic (exact) mass is 266 g/mol. The van der Waals surface area contributed by atoms with E-state index >= 15 is 0 Å². The molecular weight excluding hydrogens is 252 g/mol. The lowest BCUT2D eigenvalue weighted by atomic mass is 10.2. The van der Waals surface area contributed by atoms with Crippen LogP contribution < -0.4 is 15.6 Å². The average molecular weight is 266 g/mol. The van der Waals surface area contributed by atoms with E-state index in [9.17, 15) is 4.79 Å². The van der Waals surface area contributed by atoms with Gasteiger partial charge in [-0.25, -0.2) is 0 Å². The van der Waals surface area contributed by atoms with E-state index in [1.165, 1.54) is 0 Å². The third-order valence-electron chi connectivity index (χ3n) is 3.13. The van der Waals surface area contributed by atoms with Gasteiger partial charge in [0.15, 0.2) is 0 Å². The number of para-hydroxylation sites is 2. The molecule has 100 valence electrons. The van der Waals surface area contributed by atoms with E-state index in [1.807, 2.05) is 48.5 Å². The summed E-state index contributed by atoms with van der Waals surface area (Å²) in [6.45, 7) is 0. The number of aromatic amines is 1. The Hall–Kier alpha value is -2.75. The molecule has 0 fully saturated rings. The number of fused-ring (bicyclic) bond motifs is 1.